The Morgan fingerprint density at radius 2 is 1.65 bits per heavy atom. The fraction of sp³-hybridized carbons (Fsp3) is 0.467. The number of carboxylic acids is 1. The van der Waals surface area contributed by atoms with Crippen molar-refractivity contribution < 1.29 is 19.8 Å². The van der Waals surface area contributed by atoms with E-state index in [1.54, 1.807) is 33.0 Å². The molecule has 0 unspecified atom stereocenters. The van der Waals surface area contributed by atoms with E-state index in [0.29, 0.717) is 18.5 Å². The summed E-state index contributed by atoms with van der Waals surface area (Å²) in [5.74, 6) is -1.06. The number of hydrogen-bond donors (Lipinski definition) is 2. The first kappa shape index (κ1) is 16.0. The number of carboxylic acid groups (broad SMARTS) is 1. The minimum absolute atomic E-state index is 0.0350. The van der Waals surface area contributed by atoms with Crippen molar-refractivity contribution in [1.82, 2.24) is 0 Å². The highest BCUT2D eigenvalue weighted by molar-refractivity contribution is 5.95. The predicted molar refractivity (Wildman–Crippen MR) is 76.8 cm³/mol. The summed E-state index contributed by atoms with van der Waals surface area (Å²) in [5, 5.41) is 18.6. The molecular formula is C15H21NO4. The summed E-state index contributed by atoms with van der Waals surface area (Å²) in [7, 11) is 1.60. The van der Waals surface area contributed by atoms with Crippen LogP contribution in [-0.4, -0.2) is 29.1 Å². The molecule has 0 aliphatic carbocycles. The van der Waals surface area contributed by atoms with E-state index in [1.807, 2.05) is 0 Å². The third-order valence-corrected chi connectivity index (χ3v) is 3.91. The van der Waals surface area contributed by atoms with Gasteiger partial charge in [-0.1, -0.05) is 13.8 Å². The van der Waals surface area contributed by atoms with E-state index in [0.717, 1.165) is 0 Å². The predicted octanol–water partition coefficient (Wildman–Crippen LogP) is 2.64. The monoisotopic (exact) mass is 279 g/mol. The Morgan fingerprint density at radius 1 is 1.15 bits per heavy atom. The van der Waals surface area contributed by atoms with Gasteiger partial charge in [-0.05, 0) is 37.1 Å². The van der Waals surface area contributed by atoms with Crippen LogP contribution in [0, 0.1) is 5.41 Å². The Morgan fingerprint density at radius 3 is 2.05 bits per heavy atom. The van der Waals surface area contributed by atoms with E-state index < -0.39 is 11.4 Å². The summed E-state index contributed by atoms with van der Waals surface area (Å²) < 4.78 is 0. The SMILES string of the molecule is CCC(CC)(CC(=O)N(C)c1ccc(O)cc1)C(=O)O. The summed E-state index contributed by atoms with van der Waals surface area (Å²) in [6, 6.07) is 6.22. The van der Waals surface area contributed by atoms with Crippen LogP contribution in [0.3, 0.4) is 0 Å². The van der Waals surface area contributed by atoms with E-state index in [2.05, 4.69) is 0 Å². The quantitative estimate of drug-likeness (QED) is 0.839. The maximum absolute atomic E-state index is 12.3. The number of aliphatic carboxylic acids is 1. The minimum atomic E-state index is -1.01. The smallest absolute Gasteiger partial charge is 0.310 e. The number of nitrogens with zero attached hydrogens (tertiary/aromatic N) is 1. The van der Waals surface area contributed by atoms with Crippen molar-refractivity contribution in [3.63, 3.8) is 0 Å². The van der Waals surface area contributed by atoms with Gasteiger partial charge in [0, 0.05) is 19.2 Å². The number of benzene rings is 1. The molecule has 0 aliphatic rings. The molecule has 0 saturated carbocycles. The topological polar surface area (TPSA) is 77.8 Å². The highest BCUT2D eigenvalue weighted by Gasteiger charge is 2.38. The van der Waals surface area contributed by atoms with Gasteiger partial charge in [0.05, 0.1) is 5.41 Å². The van der Waals surface area contributed by atoms with Crippen molar-refractivity contribution in [2.75, 3.05) is 11.9 Å². The molecule has 0 aliphatic heterocycles. The minimum Gasteiger partial charge on any atom is -0.508 e. The van der Waals surface area contributed by atoms with E-state index in [9.17, 15) is 19.8 Å². The molecule has 0 spiro atoms. The number of rotatable bonds is 6. The molecule has 1 aromatic rings. The van der Waals surface area contributed by atoms with Crippen molar-refractivity contribution in [1.29, 1.82) is 0 Å². The van der Waals surface area contributed by atoms with Gasteiger partial charge >= 0.3 is 5.97 Å². The Kier molecular flexibility index (Phi) is 5.13. The van der Waals surface area contributed by atoms with Gasteiger partial charge in [0.25, 0.3) is 0 Å². The third kappa shape index (κ3) is 3.29. The molecule has 0 heterocycles. The molecule has 1 rings (SSSR count). The van der Waals surface area contributed by atoms with E-state index in [4.69, 9.17) is 0 Å². The Bertz CT molecular complexity index is 477. The molecule has 20 heavy (non-hydrogen) atoms. The molecule has 0 saturated heterocycles. The van der Waals surface area contributed by atoms with Crippen LogP contribution >= 0.6 is 0 Å². The molecule has 2 N–H and O–H groups in total. The summed E-state index contributed by atoms with van der Waals surface area (Å²) in [5.41, 5.74) is -0.387. The lowest BCUT2D eigenvalue weighted by Gasteiger charge is -2.28. The summed E-state index contributed by atoms with van der Waals surface area (Å²) in [4.78, 5) is 25.1. The van der Waals surface area contributed by atoms with Crippen LogP contribution in [0.25, 0.3) is 0 Å². The lowest BCUT2D eigenvalue weighted by molar-refractivity contribution is -0.152. The summed E-state index contributed by atoms with van der Waals surface area (Å²) >= 11 is 0. The second-order valence-corrected chi connectivity index (χ2v) is 4.94. The van der Waals surface area contributed by atoms with Crippen LogP contribution in [0.1, 0.15) is 33.1 Å². The first-order valence-electron chi connectivity index (χ1n) is 6.65. The van der Waals surface area contributed by atoms with Crippen LogP contribution in [0.4, 0.5) is 5.69 Å². The molecule has 1 aromatic carbocycles. The summed E-state index contributed by atoms with van der Waals surface area (Å²) in [6.45, 7) is 3.57. The van der Waals surface area contributed by atoms with E-state index >= 15 is 0 Å². The summed E-state index contributed by atoms with van der Waals surface area (Å²) in [6.07, 6.45) is 0.786. The van der Waals surface area contributed by atoms with Gasteiger partial charge < -0.3 is 15.1 Å². The lowest BCUT2D eigenvalue weighted by Crippen LogP contribution is -2.37. The maximum atomic E-state index is 12.3. The van der Waals surface area contributed by atoms with Gasteiger partial charge in [0.1, 0.15) is 5.75 Å². The number of amides is 1. The van der Waals surface area contributed by atoms with Crippen LogP contribution in [0.15, 0.2) is 24.3 Å². The zero-order valence-electron chi connectivity index (χ0n) is 12.1. The number of aromatic hydroxyl groups is 1. The van der Waals surface area contributed by atoms with Gasteiger partial charge in [0.15, 0.2) is 0 Å². The Labute approximate surface area is 118 Å². The molecular weight excluding hydrogens is 258 g/mol. The first-order chi connectivity index (χ1) is 9.36. The van der Waals surface area contributed by atoms with Crippen molar-refractivity contribution in [2.45, 2.75) is 33.1 Å². The highest BCUT2D eigenvalue weighted by Crippen LogP contribution is 2.32. The lowest BCUT2D eigenvalue weighted by atomic mass is 9.79. The van der Waals surface area contributed by atoms with Crippen molar-refractivity contribution in [2.24, 2.45) is 5.41 Å². The standard InChI is InChI=1S/C15H21NO4/c1-4-15(5-2,14(19)20)10-13(18)16(3)11-6-8-12(17)9-7-11/h6-9,17H,4-5,10H2,1-3H3,(H,19,20). The van der Waals surface area contributed by atoms with Crippen LogP contribution in [-0.2, 0) is 9.59 Å². The van der Waals surface area contributed by atoms with Gasteiger partial charge in [0.2, 0.25) is 5.91 Å². The average molecular weight is 279 g/mol. The molecule has 1 amide bonds. The second kappa shape index (κ2) is 6.41. The molecule has 5 nitrogen and oxygen atoms in total. The number of hydrogen-bond acceptors (Lipinski definition) is 3. The molecule has 110 valence electrons. The third-order valence-electron chi connectivity index (χ3n) is 3.91. The zero-order valence-corrected chi connectivity index (χ0v) is 12.1. The number of anilines is 1. The molecule has 0 bridgehead atoms. The zero-order chi connectivity index (χ0) is 15.3. The van der Waals surface area contributed by atoms with E-state index in [1.165, 1.54) is 17.0 Å². The fourth-order valence-corrected chi connectivity index (χ4v) is 2.11. The molecule has 0 radical (unpaired) electrons. The molecule has 0 atom stereocenters. The molecule has 0 aromatic heterocycles. The van der Waals surface area contributed by atoms with Crippen molar-refractivity contribution >= 4 is 17.6 Å². The van der Waals surface area contributed by atoms with Crippen LogP contribution in [0.5, 0.6) is 5.75 Å². The average Bonchev–Trinajstić information content (AvgIpc) is 2.44. The number of phenols is 1. The highest BCUT2D eigenvalue weighted by atomic mass is 16.4. The van der Waals surface area contributed by atoms with Crippen molar-refractivity contribution in [3.8, 4) is 5.75 Å². The van der Waals surface area contributed by atoms with Crippen LogP contribution < -0.4 is 4.90 Å². The van der Waals surface area contributed by atoms with Crippen LogP contribution in [0.2, 0.25) is 0 Å². The Hall–Kier alpha value is -2.04. The number of carbonyl (C=O) groups is 2. The molecule has 0 fully saturated rings. The molecule has 5 heteroatoms. The van der Waals surface area contributed by atoms with Crippen molar-refractivity contribution in [3.05, 3.63) is 24.3 Å². The van der Waals surface area contributed by atoms with Gasteiger partial charge in [-0.2, -0.15) is 0 Å². The Balaban J connectivity index is 2.89. The van der Waals surface area contributed by atoms with Gasteiger partial charge in [-0.25, -0.2) is 0 Å². The van der Waals surface area contributed by atoms with E-state index in [-0.39, 0.29) is 18.1 Å². The first-order valence-corrected chi connectivity index (χ1v) is 6.65. The number of phenolic OH excluding ortho intramolecular Hbond substituents is 1. The van der Waals surface area contributed by atoms with Gasteiger partial charge in [-0.15, -0.1) is 0 Å². The normalized spacial score (nSPS) is 11.2. The fourth-order valence-electron chi connectivity index (χ4n) is 2.11. The maximum Gasteiger partial charge on any atom is 0.310 e. The largest absolute Gasteiger partial charge is 0.508 e. The number of carbonyl (C=O) groups excluding carboxylic acids is 1. The van der Waals surface area contributed by atoms with Gasteiger partial charge in [-0.3, -0.25) is 9.59 Å². The second-order valence-electron chi connectivity index (χ2n) is 4.94.